The maximum atomic E-state index is 11.2. The molecule has 2 rings (SSSR count). The molecule has 0 amide bonds. The molecule has 0 aromatic rings. The van der Waals surface area contributed by atoms with E-state index < -0.39 is 9.84 Å². The van der Waals surface area contributed by atoms with Gasteiger partial charge in [-0.05, 0) is 6.42 Å². The molecule has 5 nitrogen and oxygen atoms in total. The molecule has 2 saturated heterocycles. The number of ether oxygens (including phenoxy) is 1. The number of sulfone groups is 1. The van der Waals surface area contributed by atoms with Crippen LogP contribution in [-0.2, 0) is 14.6 Å². The van der Waals surface area contributed by atoms with Gasteiger partial charge in [0.2, 0.25) is 0 Å². The van der Waals surface area contributed by atoms with Crippen LogP contribution in [0, 0.1) is 0 Å². The van der Waals surface area contributed by atoms with Crippen LogP contribution in [0.4, 0.5) is 0 Å². The Morgan fingerprint density at radius 3 is 2.69 bits per heavy atom. The van der Waals surface area contributed by atoms with E-state index in [0.717, 1.165) is 45.8 Å². The van der Waals surface area contributed by atoms with E-state index in [4.69, 9.17) is 4.74 Å². The molecule has 0 aliphatic carbocycles. The quantitative estimate of drug-likeness (QED) is 0.698. The van der Waals surface area contributed by atoms with Crippen LogP contribution < -0.4 is 5.32 Å². The summed E-state index contributed by atoms with van der Waals surface area (Å²) in [5, 5.41) is 3.32. The third-order valence-corrected chi connectivity index (χ3v) is 4.97. The van der Waals surface area contributed by atoms with Crippen molar-refractivity contribution in [3.05, 3.63) is 0 Å². The number of morpholine rings is 1. The van der Waals surface area contributed by atoms with Gasteiger partial charge in [-0.1, -0.05) is 0 Å². The minimum absolute atomic E-state index is 0.172. The first kappa shape index (κ1) is 12.3. The summed E-state index contributed by atoms with van der Waals surface area (Å²) in [5.74, 6) is 0.665. The zero-order valence-electron chi connectivity index (χ0n) is 9.52. The van der Waals surface area contributed by atoms with Gasteiger partial charge in [0, 0.05) is 32.2 Å². The molecule has 6 heteroatoms. The van der Waals surface area contributed by atoms with Crippen molar-refractivity contribution in [3.8, 4) is 0 Å². The van der Waals surface area contributed by atoms with E-state index in [9.17, 15) is 8.42 Å². The first-order valence-electron chi connectivity index (χ1n) is 5.90. The average Bonchev–Trinajstić information content (AvgIpc) is 2.60. The van der Waals surface area contributed by atoms with Gasteiger partial charge in [0.15, 0.2) is 9.84 Å². The monoisotopic (exact) mass is 248 g/mol. The lowest BCUT2D eigenvalue weighted by atomic mass is 10.2. The molecule has 2 heterocycles. The van der Waals surface area contributed by atoms with Gasteiger partial charge in [-0.3, -0.25) is 4.90 Å². The van der Waals surface area contributed by atoms with Gasteiger partial charge < -0.3 is 10.1 Å². The molecule has 2 aliphatic heterocycles. The lowest BCUT2D eigenvalue weighted by molar-refractivity contribution is 0.0382. The minimum atomic E-state index is -2.75. The molecule has 94 valence electrons. The third-order valence-electron chi connectivity index (χ3n) is 3.20. The molecule has 0 bridgehead atoms. The van der Waals surface area contributed by atoms with Crippen LogP contribution >= 0.6 is 0 Å². The Morgan fingerprint density at radius 2 is 2.06 bits per heavy atom. The zero-order chi connectivity index (χ0) is 11.4. The summed E-state index contributed by atoms with van der Waals surface area (Å²) >= 11 is 0. The van der Waals surface area contributed by atoms with Crippen LogP contribution in [0.2, 0.25) is 0 Å². The molecule has 1 atom stereocenters. The SMILES string of the molecule is O=S1(=O)CC[C@H](NCCN2CCOCC2)C1. The van der Waals surface area contributed by atoms with E-state index >= 15 is 0 Å². The Balaban J connectivity index is 1.61. The normalized spacial score (nSPS) is 30.6. The van der Waals surface area contributed by atoms with Gasteiger partial charge in [-0.15, -0.1) is 0 Å². The highest BCUT2D eigenvalue weighted by Crippen LogP contribution is 2.10. The lowest BCUT2D eigenvalue weighted by Gasteiger charge is -2.27. The van der Waals surface area contributed by atoms with Crippen LogP contribution in [0.15, 0.2) is 0 Å². The first-order valence-corrected chi connectivity index (χ1v) is 7.72. The fourth-order valence-corrected chi connectivity index (χ4v) is 3.92. The summed E-state index contributed by atoms with van der Waals surface area (Å²) in [6, 6.07) is 0.172. The van der Waals surface area contributed by atoms with Crippen molar-refractivity contribution in [2.24, 2.45) is 0 Å². The fraction of sp³-hybridized carbons (Fsp3) is 1.00. The van der Waals surface area contributed by atoms with Crippen LogP contribution in [0.5, 0.6) is 0 Å². The van der Waals surface area contributed by atoms with Gasteiger partial charge >= 0.3 is 0 Å². The second-order valence-corrected chi connectivity index (χ2v) is 6.74. The summed E-state index contributed by atoms with van der Waals surface area (Å²) in [6.45, 7) is 5.48. The highest BCUT2D eigenvalue weighted by Gasteiger charge is 2.27. The number of hydrogen-bond acceptors (Lipinski definition) is 5. The first-order chi connectivity index (χ1) is 7.66. The number of hydrogen-bond donors (Lipinski definition) is 1. The molecule has 2 fully saturated rings. The number of nitrogens with zero attached hydrogens (tertiary/aromatic N) is 1. The molecule has 0 unspecified atom stereocenters. The highest BCUT2D eigenvalue weighted by molar-refractivity contribution is 7.91. The van der Waals surface area contributed by atoms with Crippen molar-refractivity contribution in [2.75, 3.05) is 50.9 Å². The minimum Gasteiger partial charge on any atom is -0.379 e. The van der Waals surface area contributed by atoms with Gasteiger partial charge in [0.25, 0.3) is 0 Å². The van der Waals surface area contributed by atoms with E-state index in [-0.39, 0.29) is 6.04 Å². The topological polar surface area (TPSA) is 58.6 Å². The van der Waals surface area contributed by atoms with E-state index in [1.54, 1.807) is 0 Å². The summed E-state index contributed by atoms with van der Waals surface area (Å²) in [5.41, 5.74) is 0. The van der Waals surface area contributed by atoms with E-state index in [1.807, 2.05) is 0 Å². The molecular weight excluding hydrogens is 228 g/mol. The van der Waals surface area contributed by atoms with Crippen molar-refractivity contribution >= 4 is 9.84 Å². The van der Waals surface area contributed by atoms with Crippen LogP contribution in [0.1, 0.15) is 6.42 Å². The molecular formula is C10H20N2O3S. The van der Waals surface area contributed by atoms with Gasteiger partial charge in [0.1, 0.15) is 0 Å². The lowest BCUT2D eigenvalue weighted by Crippen LogP contribution is -2.42. The fourth-order valence-electron chi connectivity index (χ4n) is 2.21. The van der Waals surface area contributed by atoms with E-state index in [0.29, 0.717) is 11.5 Å². The predicted molar refractivity (Wildman–Crippen MR) is 62.3 cm³/mol. The largest absolute Gasteiger partial charge is 0.379 e. The van der Waals surface area contributed by atoms with Crippen molar-refractivity contribution in [3.63, 3.8) is 0 Å². The molecule has 0 aromatic heterocycles. The van der Waals surface area contributed by atoms with Crippen molar-refractivity contribution in [2.45, 2.75) is 12.5 Å². The zero-order valence-corrected chi connectivity index (χ0v) is 10.3. The summed E-state index contributed by atoms with van der Waals surface area (Å²) < 4.78 is 27.7. The third kappa shape index (κ3) is 3.69. The number of rotatable bonds is 4. The van der Waals surface area contributed by atoms with Gasteiger partial charge in [-0.25, -0.2) is 8.42 Å². The Morgan fingerprint density at radius 1 is 1.31 bits per heavy atom. The second-order valence-electron chi connectivity index (χ2n) is 4.51. The molecule has 2 aliphatic rings. The molecule has 0 spiro atoms. The van der Waals surface area contributed by atoms with Crippen LogP contribution in [-0.4, -0.2) is 70.3 Å². The average molecular weight is 248 g/mol. The van der Waals surface area contributed by atoms with Crippen LogP contribution in [0.25, 0.3) is 0 Å². The Hall–Kier alpha value is -0.170. The summed E-state index contributed by atoms with van der Waals surface area (Å²) in [6.07, 6.45) is 0.769. The highest BCUT2D eigenvalue weighted by atomic mass is 32.2. The maximum absolute atomic E-state index is 11.2. The molecule has 16 heavy (non-hydrogen) atoms. The smallest absolute Gasteiger partial charge is 0.151 e. The second kappa shape index (κ2) is 5.44. The molecule has 1 N–H and O–H groups in total. The predicted octanol–water partition coefficient (Wildman–Crippen LogP) is -0.905. The number of nitrogens with one attached hydrogen (secondary N) is 1. The summed E-state index contributed by atoms with van der Waals surface area (Å²) in [7, 11) is -2.75. The van der Waals surface area contributed by atoms with Crippen molar-refractivity contribution in [1.29, 1.82) is 0 Å². The summed E-state index contributed by atoms with van der Waals surface area (Å²) in [4.78, 5) is 2.35. The Bertz CT molecular complexity index is 312. The van der Waals surface area contributed by atoms with E-state index in [1.165, 1.54) is 0 Å². The van der Waals surface area contributed by atoms with Crippen LogP contribution in [0.3, 0.4) is 0 Å². The Kier molecular flexibility index (Phi) is 4.18. The Labute approximate surface area is 97.1 Å². The molecule has 0 saturated carbocycles. The van der Waals surface area contributed by atoms with E-state index in [2.05, 4.69) is 10.2 Å². The van der Waals surface area contributed by atoms with Gasteiger partial charge in [-0.2, -0.15) is 0 Å². The standard InChI is InChI=1S/C10H20N2O3S/c13-16(14)8-1-10(9-16)11-2-3-12-4-6-15-7-5-12/h10-11H,1-9H2/t10-/m0/s1. The molecule has 0 radical (unpaired) electrons. The maximum Gasteiger partial charge on any atom is 0.151 e. The van der Waals surface area contributed by atoms with Crippen molar-refractivity contribution in [1.82, 2.24) is 10.2 Å². The van der Waals surface area contributed by atoms with Gasteiger partial charge in [0.05, 0.1) is 24.7 Å². The molecule has 0 aromatic carbocycles. The van der Waals surface area contributed by atoms with Crippen molar-refractivity contribution < 1.29 is 13.2 Å².